The smallest absolute Gasteiger partial charge is 0.493 e. The summed E-state index contributed by atoms with van der Waals surface area (Å²) in [6.07, 6.45) is -5.06. The molecule has 2 rings (SSSR count). The molecule has 0 aliphatic carbocycles. The maximum absolute atomic E-state index is 12.8. The number of hydrogen-bond donors (Lipinski definition) is 1. The summed E-state index contributed by atoms with van der Waals surface area (Å²) in [4.78, 5) is 10.0. The van der Waals surface area contributed by atoms with Crippen molar-refractivity contribution in [3.8, 4) is 11.5 Å². The molecule has 16 heteroatoms. The molecule has 0 atom stereocenters. The van der Waals surface area contributed by atoms with E-state index < -0.39 is 53.9 Å². The van der Waals surface area contributed by atoms with E-state index in [2.05, 4.69) is 4.18 Å². The molecule has 0 aliphatic rings. The predicted octanol–water partition coefficient (Wildman–Crippen LogP) is 2.98. The highest BCUT2D eigenvalue weighted by molar-refractivity contribution is 7.91. The van der Waals surface area contributed by atoms with E-state index >= 15 is 0 Å². The molecule has 188 valence electrons. The first-order valence-corrected chi connectivity index (χ1v) is 11.8. The van der Waals surface area contributed by atoms with Gasteiger partial charge in [-0.05, 0) is 36.2 Å². The Bertz CT molecular complexity index is 1260. The number of carbonyl (C=O) groups is 1. The Morgan fingerprint density at radius 3 is 1.94 bits per heavy atom. The third-order valence-electron chi connectivity index (χ3n) is 4.12. The Labute approximate surface area is 189 Å². The van der Waals surface area contributed by atoms with Crippen molar-refractivity contribution in [3.05, 3.63) is 48.0 Å². The SMILES string of the molecule is COc1cc(S(=O)(=O)c2ccc(CCNC(=O)C(F)(F)F)cc2)ccc1OS(=O)(=O)C(F)(F)F. The van der Waals surface area contributed by atoms with Crippen LogP contribution in [0.4, 0.5) is 26.3 Å². The van der Waals surface area contributed by atoms with E-state index in [1.165, 1.54) is 12.1 Å². The van der Waals surface area contributed by atoms with E-state index in [1.807, 2.05) is 0 Å². The average molecular weight is 535 g/mol. The molecule has 0 aromatic heterocycles. The summed E-state index contributed by atoms with van der Waals surface area (Å²) in [7, 11) is -9.33. The lowest BCUT2D eigenvalue weighted by Gasteiger charge is -2.13. The van der Waals surface area contributed by atoms with Crippen molar-refractivity contribution < 1.29 is 56.9 Å². The molecule has 2 aromatic carbocycles. The minimum Gasteiger partial charge on any atom is -0.493 e. The zero-order valence-electron chi connectivity index (χ0n) is 16.9. The van der Waals surface area contributed by atoms with Gasteiger partial charge in [0.15, 0.2) is 11.5 Å². The Kier molecular flexibility index (Phi) is 7.77. The number of rotatable bonds is 8. The summed E-state index contributed by atoms with van der Waals surface area (Å²) in [5.41, 5.74) is -5.32. The van der Waals surface area contributed by atoms with E-state index in [4.69, 9.17) is 4.74 Å². The summed E-state index contributed by atoms with van der Waals surface area (Å²) in [5, 5.41) is 1.66. The van der Waals surface area contributed by atoms with Crippen LogP contribution in [0.5, 0.6) is 11.5 Å². The van der Waals surface area contributed by atoms with Crippen LogP contribution >= 0.6 is 0 Å². The standard InChI is InChI=1S/C18H15F6NO7S2/c1-31-15-10-13(6-7-14(15)32-34(29,30)18(22,23)24)33(27,28)12-4-2-11(3-5-12)8-9-25-16(26)17(19,20)21/h2-7,10H,8-9H2,1H3,(H,25,26). The van der Waals surface area contributed by atoms with Crippen LogP contribution in [0.3, 0.4) is 0 Å². The van der Waals surface area contributed by atoms with Gasteiger partial charge in [-0.15, -0.1) is 0 Å². The van der Waals surface area contributed by atoms with Gasteiger partial charge in [0.25, 0.3) is 0 Å². The number of benzene rings is 2. The number of ether oxygens (including phenoxy) is 1. The van der Waals surface area contributed by atoms with Crippen molar-refractivity contribution in [1.29, 1.82) is 0 Å². The molecule has 1 N–H and O–H groups in total. The van der Waals surface area contributed by atoms with Gasteiger partial charge in [0, 0.05) is 12.6 Å². The highest BCUT2D eigenvalue weighted by atomic mass is 32.2. The van der Waals surface area contributed by atoms with Crippen molar-refractivity contribution >= 4 is 25.9 Å². The second-order valence-corrected chi connectivity index (χ2v) is 9.93. The Morgan fingerprint density at radius 1 is 0.882 bits per heavy atom. The van der Waals surface area contributed by atoms with E-state index in [0.29, 0.717) is 11.6 Å². The predicted molar refractivity (Wildman–Crippen MR) is 103 cm³/mol. The third kappa shape index (κ3) is 6.31. The van der Waals surface area contributed by atoms with Crippen LogP contribution in [-0.2, 0) is 31.2 Å². The number of alkyl halides is 6. The van der Waals surface area contributed by atoms with Gasteiger partial charge in [-0.25, -0.2) is 8.42 Å². The molecular weight excluding hydrogens is 520 g/mol. The molecule has 2 aromatic rings. The molecular formula is C18H15F6NO7S2. The molecule has 0 fully saturated rings. The summed E-state index contributed by atoms with van der Waals surface area (Å²) >= 11 is 0. The zero-order chi connectivity index (χ0) is 25.9. The summed E-state index contributed by atoms with van der Waals surface area (Å²) < 4.78 is 131. The van der Waals surface area contributed by atoms with Gasteiger partial charge in [-0.3, -0.25) is 4.79 Å². The van der Waals surface area contributed by atoms with Gasteiger partial charge in [-0.1, -0.05) is 12.1 Å². The van der Waals surface area contributed by atoms with Crippen molar-refractivity contribution in [2.45, 2.75) is 27.9 Å². The highest BCUT2D eigenvalue weighted by Gasteiger charge is 2.49. The third-order valence-corrected chi connectivity index (χ3v) is 6.85. The fourth-order valence-electron chi connectivity index (χ4n) is 2.44. The molecule has 0 radical (unpaired) electrons. The van der Waals surface area contributed by atoms with Crippen LogP contribution in [0.15, 0.2) is 52.3 Å². The normalized spacial score (nSPS) is 12.8. The summed E-state index contributed by atoms with van der Waals surface area (Å²) in [6.45, 7) is -0.357. The van der Waals surface area contributed by atoms with Gasteiger partial charge in [0.1, 0.15) is 0 Å². The van der Waals surface area contributed by atoms with Crippen LogP contribution in [0, 0.1) is 0 Å². The van der Waals surface area contributed by atoms with E-state index in [1.54, 1.807) is 5.32 Å². The summed E-state index contributed by atoms with van der Waals surface area (Å²) in [5.74, 6) is -3.61. The minimum atomic E-state index is -6.03. The Balaban J connectivity index is 2.22. The van der Waals surface area contributed by atoms with Crippen molar-refractivity contribution in [1.82, 2.24) is 5.32 Å². The van der Waals surface area contributed by atoms with Crippen LogP contribution in [-0.4, -0.2) is 48.1 Å². The minimum absolute atomic E-state index is 0.0321. The molecule has 0 saturated heterocycles. The van der Waals surface area contributed by atoms with Crippen LogP contribution in [0.25, 0.3) is 0 Å². The first kappa shape index (κ1) is 27.2. The highest BCUT2D eigenvalue weighted by Crippen LogP contribution is 2.35. The van der Waals surface area contributed by atoms with Gasteiger partial charge >= 0.3 is 27.7 Å². The van der Waals surface area contributed by atoms with Crippen molar-refractivity contribution in [3.63, 3.8) is 0 Å². The Hall–Kier alpha value is -3.01. The monoisotopic (exact) mass is 535 g/mol. The van der Waals surface area contributed by atoms with Crippen molar-refractivity contribution in [2.24, 2.45) is 0 Å². The number of halogens is 6. The fraction of sp³-hybridized carbons (Fsp3) is 0.278. The first-order chi connectivity index (χ1) is 15.5. The molecule has 0 saturated carbocycles. The molecule has 0 aliphatic heterocycles. The molecule has 0 heterocycles. The van der Waals surface area contributed by atoms with Crippen LogP contribution in [0.1, 0.15) is 5.56 Å². The van der Waals surface area contributed by atoms with Gasteiger partial charge in [-0.2, -0.15) is 34.8 Å². The van der Waals surface area contributed by atoms with E-state index in [-0.39, 0.29) is 17.9 Å². The molecule has 0 unspecified atom stereocenters. The number of sulfone groups is 1. The van der Waals surface area contributed by atoms with Gasteiger partial charge < -0.3 is 14.2 Å². The first-order valence-electron chi connectivity index (χ1n) is 8.87. The summed E-state index contributed by atoms with van der Waals surface area (Å²) in [6, 6.07) is 7.07. The number of carbonyl (C=O) groups excluding carboxylic acids is 1. The number of nitrogens with one attached hydrogen (secondary N) is 1. The maximum atomic E-state index is 12.8. The average Bonchev–Trinajstić information content (AvgIpc) is 2.72. The molecule has 8 nitrogen and oxygen atoms in total. The lowest BCUT2D eigenvalue weighted by Crippen LogP contribution is -2.37. The van der Waals surface area contributed by atoms with Crippen LogP contribution < -0.4 is 14.2 Å². The second-order valence-electron chi connectivity index (χ2n) is 6.45. The van der Waals surface area contributed by atoms with Gasteiger partial charge in [0.05, 0.1) is 16.9 Å². The van der Waals surface area contributed by atoms with E-state index in [9.17, 15) is 48.0 Å². The fourth-order valence-corrected chi connectivity index (χ4v) is 4.19. The Morgan fingerprint density at radius 2 is 1.44 bits per heavy atom. The van der Waals surface area contributed by atoms with Crippen LogP contribution in [0.2, 0.25) is 0 Å². The molecule has 1 amide bonds. The molecule has 34 heavy (non-hydrogen) atoms. The van der Waals surface area contributed by atoms with Crippen molar-refractivity contribution in [2.75, 3.05) is 13.7 Å². The maximum Gasteiger partial charge on any atom is 0.534 e. The molecule has 0 spiro atoms. The zero-order valence-corrected chi connectivity index (χ0v) is 18.5. The number of hydrogen-bond acceptors (Lipinski definition) is 7. The van der Waals surface area contributed by atoms with Gasteiger partial charge in [0.2, 0.25) is 9.84 Å². The number of methoxy groups -OCH3 is 1. The molecule has 0 bridgehead atoms. The largest absolute Gasteiger partial charge is 0.534 e. The lowest BCUT2D eigenvalue weighted by atomic mass is 10.1. The lowest BCUT2D eigenvalue weighted by molar-refractivity contribution is -0.173. The van der Waals surface area contributed by atoms with E-state index in [0.717, 1.165) is 31.4 Å². The quantitative estimate of drug-likeness (QED) is 0.314. The topological polar surface area (TPSA) is 116 Å². The number of amides is 1. The second kappa shape index (κ2) is 9.69.